The molecule has 0 amide bonds. The van der Waals surface area contributed by atoms with Crippen LogP contribution in [0.5, 0.6) is 5.75 Å². The summed E-state index contributed by atoms with van der Waals surface area (Å²) in [5.74, 6) is -1.09. The minimum absolute atomic E-state index is 0.0199. The van der Waals surface area contributed by atoms with Crippen LogP contribution in [0.15, 0.2) is 71.6 Å². The number of aromatic amines is 1. The number of phenolic OH excluding ortho intramolecular Hbond substituents is 1. The lowest BCUT2D eigenvalue weighted by Crippen LogP contribution is -2.14. The van der Waals surface area contributed by atoms with E-state index < -0.39 is 16.0 Å². The molecule has 0 aliphatic carbocycles. The molecule has 4 aromatic rings. The second-order valence-electron chi connectivity index (χ2n) is 8.87. The predicted molar refractivity (Wildman–Crippen MR) is 128 cm³/mol. The highest BCUT2D eigenvalue weighted by Crippen LogP contribution is 2.35. The molecule has 3 aromatic carbocycles. The fourth-order valence-corrected chi connectivity index (χ4v) is 4.74. The molecule has 0 fully saturated rings. The van der Waals surface area contributed by atoms with Crippen LogP contribution in [0.2, 0.25) is 0 Å². The molecule has 7 nitrogen and oxygen atoms in total. The number of carboxylic acids is 1. The van der Waals surface area contributed by atoms with E-state index in [2.05, 4.69) is 30.5 Å². The molecule has 0 aliphatic rings. The Morgan fingerprint density at radius 3 is 2.15 bits per heavy atom. The number of fused-ring (bicyclic) bond motifs is 1. The van der Waals surface area contributed by atoms with Crippen molar-refractivity contribution in [3.8, 4) is 16.9 Å². The maximum absolute atomic E-state index is 13.0. The molecule has 0 radical (unpaired) electrons. The highest BCUT2D eigenvalue weighted by molar-refractivity contribution is 7.92. The number of hydrogen-bond acceptors (Lipinski definition) is 4. The van der Waals surface area contributed by atoms with Crippen LogP contribution >= 0.6 is 0 Å². The van der Waals surface area contributed by atoms with E-state index in [9.17, 15) is 23.4 Å². The molecule has 0 aliphatic heterocycles. The predicted octanol–water partition coefficient (Wildman–Crippen LogP) is 5.34. The first kappa shape index (κ1) is 22.4. The van der Waals surface area contributed by atoms with E-state index in [1.54, 1.807) is 54.6 Å². The lowest BCUT2D eigenvalue weighted by molar-refractivity contribution is 0.0692. The molecule has 0 saturated carbocycles. The average Bonchev–Trinajstić information content (AvgIpc) is 3.13. The number of benzene rings is 3. The number of aromatic hydroxyl groups is 1. The molecule has 4 rings (SSSR count). The van der Waals surface area contributed by atoms with E-state index in [0.717, 1.165) is 5.56 Å². The molecular formula is C25H24N2O5S. The summed E-state index contributed by atoms with van der Waals surface area (Å²) in [4.78, 5) is 14.8. The van der Waals surface area contributed by atoms with Crippen molar-refractivity contribution in [2.24, 2.45) is 0 Å². The normalized spacial score (nSPS) is 12.1. The average molecular weight is 465 g/mol. The van der Waals surface area contributed by atoms with Crippen LogP contribution < -0.4 is 4.72 Å². The summed E-state index contributed by atoms with van der Waals surface area (Å²) in [6, 6.07) is 17.7. The number of H-pyrrole nitrogens is 1. The summed E-state index contributed by atoms with van der Waals surface area (Å²) in [7, 11) is -3.85. The topological polar surface area (TPSA) is 119 Å². The summed E-state index contributed by atoms with van der Waals surface area (Å²) < 4.78 is 28.5. The number of aromatic nitrogens is 1. The fourth-order valence-electron chi connectivity index (χ4n) is 3.69. The molecule has 170 valence electrons. The van der Waals surface area contributed by atoms with Crippen LogP contribution in [-0.2, 0) is 15.4 Å². The molecule has 0 atom stereocenters. The van der Waals surface area contributed by atoms with Crippen LogP contribution in [-0.4, -0.2) is 29.6 Å². The number of aromatic carboxylic acids is 1. The minimum atomic E-state index is -3.85. The van der Waals surface area contributed by atoms with Gasteiger partial charge in [-0.05, 0) is 59.0 Å². The third-order valence-electron chi connectivity index (χ3n) is 5.45. The first-order valence-corrected chi connectivity index (χ1v) is 11.8. The standard InChI is InChI=1S/C25H24N2O5S/c1-25(2,3)16-6-11-19(12-7-16)33(31,32)27-17-8-13-21-20(14-17)22(23(26-21)24(29)30)15-4-9-18(28)10-5-15/h4-14,26-28H,1-3H3,(H,29,30). The highest BCUT2D eigenvalue weighted by Gasteiger charge is 2.21. The fraction of sp³-hybridized carbons (Fsp3) is 0.160. The van der Waals surface area contributed by atoms with Crippen LogP contribution in [0.4, 0.5) is 5.69 Å². The van der Waals surface area contributed by atoms with E-state index in [4.69, 9.17) is 0 Å². The van der Waals surface area contributed by atoms with Crippen LogP contribution in [0, 0.1) is 0 Å². The van der Waals surface area contributed by atoms with E-state index in [1.807, 2.05) is 0 Å². The van der Waals surface area contributed by atoms with Crippen LogP contribution in [0.1, 0.15) is 36.8 Å². The number of rotatable bonds is 5. The van der Waals surface area contributed by atoms with Gasteiger partial charge < -0.3 is 15.2 Å². The van der Waals surface area contributed by atoms with Gasteiger partial charge in [0.15, 0.2) is 0 Å². The van der Waals surface area contributed by atoms with Crippen molar-refractivity contribution in [1.82, 2.24) is 4.98 Å². The zero-order valence-corrected chi connectivity index (χ0v) is 19.2. The van der Waals surface area contributed by atoms with Crippen molar-refractivity contribution in [3.63, 3.8) is 0 Å². The van der Waals surface area contributed by atoms with Gasteiger partial charge in [-0.25, -0.2) is 13.2 Å². The number of nitrogens with one attached hydrogen (secondary N) is 2. The Kier molecular flexibility index (Phi) is 5.41. The Morgan fingerprint density at radius 2 is 1.58 bits per heavy atom. The number of anilines is 1. The molecule has 0 bridgehead atoms. The van der Waals surface area contributed by atoms with Gasteiger partial charge in [-0.1, -0.05) is 45.0 Å². The first-order chi connectivity index (χ1) is 15.5. The van der Waals surface area contributed by atoms with E-state index in [0.29, 0.717) is 27.7 Å². The summed E-state index contributed by atoms with van der Waals surface area (Å²) in [5.41, 5.74) is 2.75. The smallest absolute Gasteiger partial charge is 0.352 e. The number of sulfonamides is 1. The largest absolute Gasteiger partial charge is 0.508 e. The van der Waals surface area contributed by atoms with Crippen molar-refractivity contribution < 1.29 is 23.4 Å². The van der Waals surface area contributed by atoms with Crippen molar-refractivity contribution in [2.75, 3.05) is 4.72 Å². The third-order valence-corrected chi connectivity index (χ3v) is 6.85. The lowest BCUT2D eigenvalue weighted by Gasteiger charge is -2.19. The molecule has 1 heterocycles. The zero-order valence-electron chi connectivity index (χ0n) is 18.4. The molecule has 0 unspecified atom stereocenters. The Hall–Kier alpha value is -3.78. The highest BCUT2D eigenvalue weighted by atomic mass is 32.2. The van der Waals surface area contributed by atoms with Gasteiger partial charge in [0.05, 0.1) is 4.90 Å². The van der Waals surface area contributed by atoms with Crippen molar-refractivity contribution in [2.45, 2.75) is 31.1 Å². The van der Waals surface area contributed by atoms with Crippen molar-refractivity contribution >= 4 is 32.6 Å². The number of phenols is 1. The Balaban J connectivity index is 1.75. The van der Waals surface area contributed by atoms with Gasteiger partial charge in [0.25, 0.3) is 10.0 Å². The van der Waals surface area contributed by atoms with Crippen LogP contribution in [0.3, 0.4) is 0 Å². The maximum Gasteiger partial charge on any atom is 0.352 e. The molecule has 0 spiro atoms. The molecular weight excluding hydrogens is 440 g/mol. The second-order valence-corrected chi connectivity index (χ2v) is 10.5. The minimum Gasteiger partial charge on any atom is -0.508 e. The van der Waals surface area contributed by atoms with E-state index in [-0.39, 0.29) is 21.8 Å². The molecule has 0 saturated heterocycles. The van der Waals surface area contributed by atoms with E-state index >= 15 is 0 Å². The number of carboxylic acid groups (broad SMARTS) is 1. The summed E-state index contributed by atoms with van der Waals surface area (Å²) >= 11 is 0. The molecule has 4 N–H and O–H groups in total. The van der Waals surface area contributed by atoms with Gasteiger partial charge >= 0.3 is 5.97 Å². The summed E-state index contributed by atoms with van der Waals surface area (Å²) in [5, 5.41) is 19.8. The van der Waals surface area contributed by atoms with Crippen molar-refractivity contribution in [3.05, 3.63) is 78.0 Å². The third kappa shape index (κ3) is 4.42. The number of carbonyl (C=O) groups is 1. The second kappa shape index (κ2) is 7.97. The first-order valence-electron chi connectivity index (χ1n) is 10.3. The maximum atomic E-state index is 13.0. The van der Waals surface area contributed by atoms with Crippen LogP contribution in [0.25, 0.3) is 22.0 Å². The lowest BCUT2D eigenvalue weighted by atomic mass is 9.87. The van der Waals surface area contributed by atoms with Gasteiger partial charge in [-0.3, -0.25) is 4.72 Å². The Morgan fingerprint density at radius 1 is 0.939 bits per heavy atom. The summed E-state index contributed by atoms with van der Waals surface area (Å²) in [6.07, 6.45) is 0. The molecule has 8 heteroatoms. The SMILES string of the molecule is CC(C)(C)c1ccc(S(=O)(=O)Nc2ccc3[nH]c(C(=O)O)c(-c4ccc(O)cc4)c3c2)cc1. The van der Waals surface area contributed by atoms with Gasteiger partial charge in [-0.2, -0.15) is 0 Å². The Labute approximate surface area is 191 Å². The summed E-state index contributed by atoms with van der Waals surface area (Å²) in [6.45, 7) is 6.16. The van der Waals surface area contributed by atoms with Crippen molar-refractivity contribution in [1.29, 1.82) is 0 Å². The monoisotopic (exact) mass is 464 g/mol. The van der Waals surface area contributed by atoms with Gasteiger partial charge in [0.1, 0.15) is 11.4 Å². The Bertz CT molecular complexity index is 1450. The van der Waals surface area contributed by atoms with Gasteiger partial charge in [0.2, 0.25) is 0 Å². The molecule has 1 aromatic heterocycles. The quantitative estimate of drug-likeness (QED) is 0.318. The zero-order chi connectivity index (χ0) is 24.0. The van der Waals surface area contributed by atoms with E-state index in [1.165, 1.54) is 12.1 Å². The van der Waals surface area contributed by atoms with Gasteiger partial charge in [0, 0.05) is 22.2 Å². The van der Waals surface area contributed by atoms with Gasteiger partial charge in [-0.15, -0.1) is 0 Å². The number of hydrogen-bond donors (Lipinski definition) is 4. The molecule has 33 heavy (non-hydrogen) atoms.